The summed E-state index contributed by atoms with van der Waals surface area (Å²) in [5.41, 5.74) is 5.15. The fraction of sp³-hybridized carbons (Fsp3) is 0.182. The fourth-order valence-electron chi connectivity index (χ4n) is 3.51. The van der Waals surface area contributed by atoms with Gasteiger partial charge >= 0.3 is 0 Å². The van der Waals surface area contributed by atoms with E-state index in [-0.39, 0.29) is 5.56 Å². The van der Waals surface area contributed by atoms with Gasteiger partial charge in [-0.25, -0.2) is 4.68 Å². The number of aromatic amines is 2. The molecule has 6 heteroatoms. The SMILES string of the molecule is CC(=NCCc1c[nH]c2ccc(Cl)cc12)c1c(C)[nH]n(-c2ccccc2)c1=O. The fourth-order valence-corrected chi connectivity index (χ4v) is 3.68. The van der Waals surface area contributed by atoms with Gasteiger partial charge in [-0.2, -0.15) is 0 Å². The predicted molar refractivity (Wildman–Crippen MR) is 115 cm³/mol. The van der Waals surface area contributed by atoms with Crippen LogP contribution in [0.15, 0.2) is 64.5 Å². The third-order valence-electron chi connectivity index (χ3n) is 4.91. The highest BCUT2D eigenvalue weighted by Gasteiger charge is 2.14. The highest BCUT2D eigenvalue weighted by atomic mass is 35.5. The van der Waals surface area contributed by atoms with E-state index in [9.17, 15) is 4.79 Å². The number of aryl methyl sites for hydroxylation is 1. The second kappa shape index (κ2) is 7.52. The van der Waals surface area contributed by atoms with Gasteiger partial charge in [-0.05, 0) is 56.2 Å². The lowest BCUT2D eigenvalue weighted by Crippen LogP contribution is -2.19. The van der Waals surface area contributed by atoms with Crippen LogP contribution >= 0.6 is 11.6 Å². The summed E-state index contributed by atoms with van der Waals surface area (Å²) in [6, 6.07) is 15.4. The zero-order valence-corrected chi connectivity index (χ0v) is 16.5. The summed E-state index contributed by atoms with van der Waals surface area (Å²) in [5.74, 6) is 0. The van der Waals surface area contributed by atoms with Crippen molar-refractivity contribution in [2.75, 3.05) is 6.54 Å². The number of halogens is 1. The molecule has 0 spiro atoms. The molecule has 0 saturated carbocycles. The van der Waals surface area contributed by atoms with Crippen LogP contribution in [0.4, 0.5) is 0 Å². The molecule has 0 fully saturated rings. The first kappa shape index (κ1) is 18.3. The summed E-state index contributed by atoms with van der Waals surface area (Å²) in [7, 11) is 0. The molecule has 2 aromatic carbocycles. The molecular formula is C22H21ClN4O. The van der Waals surface area contributed by atoms with Gasteiger partial charge in [-0.3, -0.25) is 14.9 Å². The van der Waals surface area contributed by atoms with Crippen LogP contribution in [0.1, 0.15) is 23.7 Å². The van der Waals surface area contributed by atoms with Crippen molar-refractivity contribution in [3.63, 3.8) is 0 Å². The van der Waals surface area contributed by atoms with Crippen LogP contribution in [0.25, 0.3) is 16.6 Å². The number of rotatable bonds is 5. The van der Waals surface area contributed by atoms with Crippen molar-refractivity contribution in [3.8, 4) is 5.69 Å². The number of aliphatic imine (C=N–C) groups is 1. The van der Waals surface area contributed by atoms with E-state index in [4.69, 9.17) is 11.6 Å². The zero-order chi connectivity index (χ0) is 19.7. The van der Waals surface area contributed by atoms with Gasteiger partial charge in [-0.1, -0.05) is 29.8 Å². The van der Waals surface area contributed by atoms with E-state index in [1.54, 1.807) is 4.68 Å². The highest BCUT2D eigenvalue weighted by Crippen LogP contribution is 2.22. The van der Waals surface area contributed by atoms with E-state index in [1.165, 1.54) is 5.56 Å². The Morgan fingerprint density at radius 1 is 1.18 bits per heavy atom. The van der Waals surface area contributed by atoms with Gasteiger partial charge in [0.2, 0.25) is 0 Å². The number of H-pyrrole nitrogens is 2. The maximum Gasteiger partial charge on any atom is 0.280 e. The molecule has 0 bridgehead atoms. The van der Waals surface area contributed by atoms with E-state index >= 15 is 0 Å². The second-order valence-electron chi connectivity index (χ2n) is 6.81. The highest BCUT2D eigenvalue weighted by molar-refractivity contribution is 6.31. The summed E-state index contributed by atoms with van der Waals surface area (Å²) in [4.78, 5) is 20.8. The summed E-state index contributed by atoms with van der Waals surface area (Å²) in [5, 5.41) is 4.98. The number of fused-ring (bicyclic) bond motifs is 1. The number of benzene rings is 2. The van der Waals surface area contributed by atoms with E-state index < -0.39 is 0 Å². The molecule has 28 heavy (non-hydrogen) atoms. The molecule has 142 valence electrons. The summed E-state index contributed by atoms with van der Waals surface area (Å²) in [6.07, 6.45) is 2.77. The van der Waals surface area contributed by atoms with Crippen LogP contribution in [-0.2, 0) is 6.42 Å². The molecule has 0 aliphatic carbocycles. The maximum absolute atomic E-state index is 12.9. The van der Waals surface area contributed by atoms with Crippen molar-refractivity contribution in [2.45, 2.75) is 20.3 Å². The van der Waals surface area contributed by atoms with Crippen LogP contribution in [0.2, 0.25) is 5.02 Å². The molecule has 0 unspecified atom stereocenters. The largest absolute Gasteiger partial charge is 0.361 e. The lowest BCUT2D eigenvalue weighted by molar-refractivity contribution is 0.835. The lowest BCUT2D eigenvalue weighted by atomic mass is 10.1. The molecule has 4 rings (SSSR count). The molecule has 0 aliphatic heterocycles. The molecule has 4 aromatic rings. The van der Waals surface area contributed by atoms with Gasteiger partial charge in [-0.15, -0.1) is 0 Å². The predicted octanol–water partition coefficient (Wildman–Crippen LogP) is 4.66. The summed E-state index contributed by atoms with van der Waals surface area (Å²) < 4.78 is 1.56. The van der Waals surface area contributed by atoms with Crippen LogP contribution in [0.5, 0.6) is 0 Å². The molecule has 0 aliphatic rings. The number of nitrogens with zero attached hydrogens (tertiary/aromatic N) is 2. The summed E-state index contributed by atoms with van der Waals surface area (Å²) >= 11 is 6.12. The minimum Gasteiger partial charge on any atom is -0.361 e. The smallest absolute Gasteiger partial charge is 0.280 e. The Balaban J connectivity index is 1.57. The Hall–Kier alpha value is -3.05. The van der Waals surface area contributed by atoms with E-state index in [1.807, 2.05) is 68.6 Å². The number of para-hydroxylation sites is 1. The molecule has 0 amide bonds. The van der Waals surface area contributed by atoms with Crippen LogP contribution in [-0.4, -0.2) is 27.0 Å². The Morgan fingerprint density at radius 3 is 2.75 bits per heavy atom. The van der Waals surface area contributed by atoms with Crippen molar-refractivity contribution in [1.82, 2.24) is 14.8 Å². The number of nitrogens with one attached hydrogen (secondary N) is 2. The summed E-state index contributed by atoms with van der Waals surface area (Å²) in [6.45, 7) is 4.39. The number of hydrogen-bond acceptors (Lipinski definition) is 2. The first-order valence-corrected chi connectivity index (χ1v) is 9.56. The molecule has 2 aromatic heterocycles. The Kier molecular flexibility index (Phi) is 4.92. The monoisotopic (exact) mass is 392 g/mol. The van der Waals surface area contributed by atoms with Gasteiger partial charge in [0.15, 0.2) is 0 Å². The van der Waals surface area contributed by atoms with Crippen molar-refractivity contribution in [1.29, 1.82) is 0 Å². The third-order valence-corrected chi connectivity index (χ3v) is 5.14. The topological polar surface area (TPSA) is 65.9 Å². The molecule has 5 nitrogen and oxygen atoms in total. The first-order chi connectivity index (χ1) is 13.5. The van der Waals surface area contributed by atoms with Crippen molar-refractivity contribution in [3.05, 3.63) is 86.9 Å². The average Bonchev–Trinajstić information content (AvgIpc) is 3.22. The minimum atomic E-state index is -0.0798. The van der Waals surface area contributed by atoms with Gasteiger partial charge in [0.1, 0.15) is 0 Å². The maximum atomic E-state index is 12.9. The lowest BCUT2D eigenvalue weighted by Gasteiger charge is -2.00. The number of hydrogen-bond donors (Lipinski definition) is 2. The zero-order valence-electron chi connectivity index (χ0n) is 15.8. The molecular weight excluding hydrogens is 372 g/mol. The van der Waals surface area contributed by atoms with Gasteiger partial charge < -0.3 is 4.98 Å². The van der Waals surface area contributed by atoms with Gasteiger partial charge in [0.25, 0.3) is 5.56 Å². The van der Waals surface area contributed by atoms with E-state index in [0.717, 1.165) is 39.4 Å². The van der Waals surface area contributed by atoms with Crippen molar-refractivity contribution < 1.29 is 0 Å². The molecule has 0 radical (unpaired) electrons. The Morgan fingerprint density at radius 2 is 1.96 bits per heavy atom. The van der Waals surface area contributed by atoms with Crippen LogP contribution in [0, 0.1) is 6.92 Å². The number of aromatic nitrogens is 3. The van der Waals surface area contributed by atoms with E-state index in [0.29, 0.717) is 12.1 Å². The van der Waals surface area contributed by atoms with Crippen LogP contribution < -0.4 is 5.56 Å². The second-order valence-corrected chi connectivity index (χ2v) is 7.25. The molecule has 2 heterocycles. The van der Waals surface area contributed by atoms with Crippen molar-refractivity contribution >= 4 is 28.2 Å². The minimum absolute atomic E-state index is 0.0798. The third kappa shape index (κ3) is 3.41. The Bertz CT molecular complexity index is 1210. The standard InChI is InChI=1S/C22H21ClN4O/c1-14(21-15(2)26-27(22(21)28)18-6-4-3-5-7-18)24-11-10-16-13-25-20-9-8-17(23)12-19(16)20/h3-9,12-13,25-26H,10-11H2,1-2H3. The molecule has 2 N–H and O–H groups in total. The normalized spacial score (nSPS) is 12.0. The van der Waals surface area contributed by atoms with Crippen LogP contribution in [0.3, 0.4) is 0 Å². The molecule has 0 saturated heterocycles. The molecule has 0 atom stereocenters. The van der Waals surface area contributed by atoms with Gasteiger partial charge in [0, 0.05) is 40.1 Å². The average molecular weight is 393 g/mol. The Labute approximate surface area is 167 Å². The van der Waals surface area contributed by atoms with Gasteiger partial charge in [0.05, 0.1) is 11.3 Å². The quantitative estimate of drug-likeness (QED) is 0.476. The van der Waals surface area contributed by atoms with Crippen molar-refractivity contribution in [2.24, 2.45) is 4.99 Å². The first-order valence-electron chi connectivity index (χ1n) is 9.18. The van der Waals surface area contributed by atoms with E-state index in [2.05, 4.69) is 15.1 Å².